The minimum Gasteiger partial charge on any atom is -0.384 e. The van der Waals surface area contributed by atoms with Gasteiger partial charge in [0.25, 0.3) is 0 Å². The molecule has 1 nitrogen and oxygen atoms in total. The van der Waals surface area contributed by atoms with Crippen LogP contribution in [0.4, 0.5) is 8.78 Å². The molecule has 1 atom stereocenters. The van der Waals surface area contributed by atoms with Gasteiger partial charge >= 0.3 is 0 Å². The van der Waals surface area contributed by atoms with Crippen molar-refractivity contribution < 1.29 is 13.9 Å². The van der Waals surface area contributed by atoms with Crippen molar-refractivity contribution in [3.8, 4) is 0 Å². The van der Waals surface area contributed by atoms with E-state index < -0.39 is 17.7 Å². The van der Waals surface area contributed by atoms with Gasteiger partial charge in [-0.05, 0) is 52.4 Å². The first-order valence-electron chi connectivity index (χ1n) is 5.07. The smallest absolute Gasteiger partial charge is 0.164 e. The van der Waals surface area contributed by atoms with Crippen LogP contribution in [0.3, 0.4) is 0 Å². The average Bonchev–Trinajstić information content (AvgIpc) is 2.35. The number of hydrogen-bond acceptors (Lipinski definition) is 1. The van der Waals surface area contributed by atoms with E-state index in [1.165, 1.54) is 12.1 Å². The van der Waals surface area contributed by atoms with Crippen LogP contribution in [0.25, 0.3) is 0 Å². The summed E-state index contributed by atoms with van der Waals surface area (Å²) in [5, 5.41) is 10.2. The molecule has 0 spiro atoms. The molecule has 1 N–H and O–H groups in total. The number of aliphatic hydroxyl groups is 1. The highest BCUT2D eigenvalue weighted by Crippen LogP contribution is 2.30. The Bertz CT molecular complexity index is 587. The van der Waals surface area contributed by atoms with E-state index in [2.05, 4.69) is 15.9 Å². The molecule has 0 amide bonds. The lowest BCUT2D eigenvalue weighted by molar-refractivity contribution is 0.212. The molecule has 0 saturated heterocycles. The molecule has 94 valence electrons. The minimum atomic E-state index is -1.19. The molecule has 0 aliphatic heterocycles. The maximum atomic E-state index is 13.6. The molecule has 5 heteroatoms. The van der Waals surface area contributed by atoms with Crippen LogP contribution < -0.4 is 0 Å². The first-order valence-corrected chi connectivity index (χ1v) is 6.95. The van der Waals surface area contributed by atoms with E-state index >= 15 is 0 Å². The Morgan fingerprint density at radius 3 is 2.56 bits per heavy atom. The summed E-state index contributed by atoms with van der Waals surface area (Å²) in [5.74, 6) is -1.97. The first kappa shape index (κ1) is 13.9. The Morgan fingerprint density at radius 1 is 1.11 bits per heavy atom. The van der Waals surface area contributed by atoms with Gasteiger partial charge in [-0.2, -0.15) is 0 Å². The first-order chi connectivity index (χ1) is 8.50. The van der Waals surface area contributed by atoms with Gasteiger partial charge in [0.05, 0.1) is 0 Å². The highest BCUT2D eigenvalue weighted by Gasteiger charge is 2.19. The number of aliphatic hydroxyl groups excluding tert-OH is 1. The predicted octanol–water partition coefficient (Wildman–Crippen LogP) is 4.41. The Balaban J connectivity index is 2.51. The summed E-state index contributed by atoms with van der Waals surface area (Å²) < 4.78 is 28.3. The molecule has 1 unspecified atom stereocenters. The lowest BCUT2D eigenvalue weighted by Gasteiger charge is -2.14. The van der Waals surface area contributed by atoms with Crippen LogP contribution in [0, 0.1) is 15.2 Å². The fourth-order valence-corrected chi connectivity index (χ4v) is 2.63. The van der Waals surface area contributed by atoms with Gasteiger partial charge in [-0.15, -0.1) is 0 Å². The third-order valence-electron chi connectivity index (χ3n) is 2.53. The van der Waals surface area contributed by atoms with Gasteiger partial charge in [-0.1, -0.05) is 28.1 Å². The van der Waals surface area contributed by atoms with Crippen molar-refractivity contribution in [1.82, 2.24) is 0 Å². The minimum absolute atomic E-state index is 0.0639. The normalized spacial score (nSPS) is 12.5. The molecule has 0 radical (unpaired) electrons. The summed E-state index contributed by atoms with van der Waals surface area (Å²) in [6, 6.07) is 9.08. The molecular weight excluding hydrogens is 417 g/mol. The number of rotatable bonds is 2. The second kappa shape index (κ2) is 5.63. The standard InChI is InChI=1S/C13H8BrF2IO/c14-7-4-5-11(17)9(6-7)13(18)8-2-1-3-10(15)12(8)16/h1-6,13,18H. The molecule has 2 aromatic rings. The largest absolute Gasteiger partial charge is 0.384 e. The van der Waals surface area contributed by atoms with Crippen LogP contribution in [0.2, 0.25) is 0 Å². The Hall–Kier alpha value is -0.530. The van der Waals surface area contributed by atoms with Crippen LogP contribution in [0.15, 0.2) is 40.9 Å². The Labute approximate surface area is 125 Å². The van der Waals surface area contributed by atoms with Crippen molar-refractivity contribution in [1.29, 1.82) is 0 Å². The lowest BCUT2D eigenvalue weighted by Crippen LogP contribution is -2.06. The summed E-state index contributed by atoms with van der Waals surface area (Å²) in [6.07, 6.45) is -1.19. The molecule has 0 aromatic heterocycles. The van der Waals surface area contributed by atoms with E-state index in [4.69, 9.17) is 0 Å². The van der Waals surface area contributed by atoms with Crippen molar-refractivity contribution >= 4 is 38.5 Å². The molecule has 0 saturated carbocycles. The van der Waals surface area contributed by atoms with Crippen LogP contribution in [-0.2, 0) is 0 Å². The summed E-state index contributed by atoms with van der Waals surface area (Å²) in [6.45, 7) is 0. The summed E-state index contributed by atoms with van der Waals surface area (Å²) >= 11 is 5.33. The van der Waals surface area contributed by atoms with E-state index in [9.17, 15) is 13.9 Å². The number of hydrogen-bond donors (Lipinski definition) is 1. The summed E-state index contributed by atoms with van der Waals surface area (Å²) in [7, 11) is 0. The molecule has 2 aromatic carbocycles. The van der Waals surface area contributed by atoms with Crippen LogP contribution in [-0.4, -0.2) is 5.11 Å². The van der Waals surface area contributed by atoms with Crippen LogP contribution in [0.5, 0.6) is 0 Å². The molecule has 0 heterocycles. The second-order valence-corrected chi connectivity index (χ2v) is 5.79. The van der Waals surface area contributed by atoms with E-state index in [0.29, 0.717) is 5.56 Å². The van der Waals surface area contributed by atoms with Crippen molar-refractivity contribution in [2.75, 3.05) is 0 Å². The molecule has 18 heavy (non-hydrogen) atoms. The van der Waals surface area contributed by atoms with Gasteiger partial charge in [0.1, 0.15) is 6.10 Å². The molecule has 0 aliphatic rings. The molecule has 2 rings (SSSR count). The zero-order valence-electron chi connectivity index (χ0n) is 9.00. The summed E-state index contributed by atoms with van der Waals surface area (Å²) in [4.78, 5) is 0. The van der Waals surface area contributed by atoms with E-state index in [1.54, 1.807) is 12.1 Å². The van der Waals surface area contributed by atoms with E-state index in [1.807, 2.05) is 28.7 Å². The molecular formula is C13H8BrF2IO. The third-order valence-corrected chi connectivity index (χ3v) is 4.00. The summed E-state index contributed by atoms with van der Waals surface area (Å²) in [5.41, 5.74) is 0.473. The highest BCUT2D eigenvalue weighted by atomic mass is 127. The number of halogens is 4. The van der Waals surface area contributed by atoms with Crippen LogP contribution >= 0.6 is 38.5 Å². The van der Waals surface area contributed by atoms with E-state index in [0.717, 1.165) is 14.1 Å². The molecule has 0 fully saturated rings. The predicted molar refractivity (Wildman–Crippen MR) is 77.3 cm³/mol. The average molecular weight is 425 g/mol. The quantitative estimate of drug-likeness (QED) is 0.708. The Morgan fingerprint density at radius 2 is 1.83 bits per heavy atom. The maximum absolute atomic E-state index is 13.6. The van der Waals surface area contributed by atoms with Crippen LogP contribution in [0.1, 0.15) is 17.2 Å². The van der Waals surface area contributed by atoms with E-state index in [-0.39, 0.29) is 5.56 Å². The SMILES string of the molecule is OC(c1cc(Br)ccc1I)c1cccc(F)c1F. The van der Waals surface area contributed by atoms with Gasteiger partial charge in [-0.3, -0.25) is 0 Å². The van der Waals surface area contributed by atoms with Gasteiger partial charge in [0.15, 0.2) is 11.6 Å². The van der Waals surface area contributed by atoms with Crippen molar-refractivity contribution in [2.24, 2.45) is 0 Å². The van der Waals surface area contributed by atoms with Gasteiger partial charge < -0.3 is 5.11 Å². The lowest BCUT2D eigenvalue weighted by atomic mass is 10.0. The van der Waals surface area contributed by atoms with Crippen molar-refractivity contribution in [3.05, 3.63) is 67.2 Å². The van der Waals surface area contributed by atoms with Crippen molar-refractivity contribution in [3.63, 3.8) is 0 Å². The molecule has 0 bridgehead atoms. The topological polar surface area (TPSA) is 20.2 Å². The zero-order valence-corrected chi connectivity index (χ0v) is 12.7. The van der Waals surface area contributed by atoms with Gasteiger partial charge in [0, 0.05) is 13.6 Å². The zero-order chi connectivity index (χ0) is 13.3. The Kier molecular flexibility index (Phi) is 4.34. The number of benzene rings is 2. The van der Waals surface area contributed by atoms with Gasteiger partial charge in [-0.25, -0.2) is 8.78 Å². The second-order valence-electron chi connectivity index (χ2n) is 3.71. The monoisotopic (exact) mass is 424 g/mol. The maximum Gasteiger partial charge on any atom is 0.164 e. The fourth-order valence-electron chi connectivity index (χ4n) is 1.62. The highest BCUT2D eigenvalue weighted by molar-refractivity contribution is 14.1. The van der Waals surface area contributed by atoms with Crippen molar-refractivity contribution in [2.45, 2.75) is 6.10 Å². The fraction of sp³-hybridized carbons (Fsp3) is 0.0769. The van der Waals surface area contributed by atoms with Gasteiger partial charge in [0.2, 0.25) is 0 Å². The molecule has 0 aliphatic carbocycles. The third kappa shape index (κ3) is 2.73.